The van der Waals surface area contributed by atoms with Crippen LogP contribution in [0.4, 0.5) is 0 Å². The zero-order chi connectivity index (χ0) is 13.3. The standard InChI is InChI=1S/C5H10O5.C5H6O2/c6-1-3(8)5(10)4(9)2-7;6-4-5-2-1-3-7-5/h1,3-5,7-10H,2H2;1-3,6H,4H2. The Morgan fingerprint density at radius 3 is 2.24 bits per heavy atom. The van der Waals surface area contributed by atoms with Gasteiger partial charge in [0.05, 0.1) is 12.9 Å². The van der Waals surface area contributed by atoms with Crippen LogP contribution in [0.1, 0.15) is 5.76 Å². The number of hydrogen-bond donors (Lipinski definition) is 5. The normalized spacial score (nSPS) is 15.4. The first-order valence-corrected chi connectivity index (χ1v) is 4.80. The number of carbonyl (C=O) groups excluding carboxylic acids is 1. The molecule has 1 rings (SSSR count). The summed E-state index contributed by atoms with van der Waals surface area (Å²) in [5.74, 6) is 0.611. The van der Waals surface area contributed by atoms with Crippen LogP contribution in [0.5, 0.6) is 0 Å². The highest BCUT2D eigenvalue weighted by Crippen LogP contribution is 1.97. The Bertz CT molecular complexity index is 285. The second kappa shape index (κ2) is 8.85. The van der Waals surface area contributed by atoms with Crippen molar-refractivity contribution in [2.75, 3.05) is 6.61 Å². The molecule has 1 aromatic rings. The van der Waals surface area contributed by atoms with Gasteiger partial charge >= 0.3 is 0 Å². The lowest BCUT2D eigenvalue weighted by molar-refractivity contribution is -0.127. The van der Waals surface area contributed by atoms with Gasteiger partial charge in [0.1, 0.15) is 30.7 Å². The summed E-state index contributed by atoms with van der Waals surface area (Å²) in [6, 6.07) is 3.46. The number of aldehydes is 1. The van der Waals surface area contributed by atoms with E-state index in [1.54, 1.807) is 12.1 Å². The number of carbonyl (C=O) groups is 1. The van der Waals surface area contributed by atoms with Crippen LogP contribution in [0.2, 0.25) is 0 Å². The van der Waals surface area contributed by atoms with E-state index in [4.69, 9.17) is 29.9 Å². The Morgan fingerprint density at radius 2 is 1.94 bits per heavy atom. The predicted octanol–water partition coefficient (Wildman–Crippen LogP) is -1.97. The largest absolute Gasteiger partial charge is 0.467 e. The van der Waals surface area contributed by atoms with Crippen LogP contribution in [-0.4, -0.2) is 56.7 Å². The molecular weight excluding hydrogens is 232 g/mol. The van der Waals surface area contributed by atoms with E-state index in [0.717, 1.165) is 0 Å². The highest BCUT2D eigenvalue weighted by molar-refractivity contribution is 5.56. The fourth-order valence-electron chi connectivity index (χ4n) is 0.819. The minimum atomic E-state index is -1.64. The van der Waals surface area contributed by atoms with Crippen molar-refractivity contribution in [1.82, 2.24) is 0 Å². The summed E-state index contributed by atoms with van der Waals surface area (Å²) in [7, 11) is 0. The molecule has 7 nitrogen and oxygen atoms in total. The number of furan rings is 1. The predicted molar refractivity (Wildman–Crippen MR) is 55.8 cm³/mol. The fourth-order valence-corrected chi connectivity index (χ4v) is 0.819. The fraction of sp³-hybridized carbons (Fsp3) is 0.500. The maximum absolute atomic E-state index is 9.76. The second-order valence-electron chi connectivity index (χ2n) is 3.10. The Hall–Kier alpha value is -1.25. The monoisotopic (exact) mass is 248 g/mol. The lowest BCUT2D eigenvalue weighted by Gasteiger charge is -2.16. The molecule has 3 atom stereocenters. The molecule has 0 saturated heterocycles. The van der Waals surface area contributed by atoms with E-state index in [1.165, 1.54) is 6.26 Å². The van der Waals surface area contributed by atoms with Crippen molar-refractivity contribution in [3.05, 3.63) is 24.2 Å². The van der Waals surface area contributed by atoms with Gasteiger partial charge < -0.3 is 34.7 Å². The first-order chi connectivity index (χ1) is 8.06. The molecule has 0 amide bonds. The zero-order valence-corrected chi connectivity index (χ0v) is 9.01. The summed E-state index contributed by atoms with van der Waals surface area (Å²) >= 11 is 0. The molecule has 0 aliphatic carbocycles. The number of rotatable bonds is 5. The SMILES string of the molecule is O=CC(O)C(O)C(O)CO.OCc1ccco1. The third-order valence-electron chi connectivity index (χ3n) is 1.81. The van der Waals surface area contributed by atoms with Crippen LogP contribution < -0.4 is 0 Å². The highest BCUT2D eigenvalue weighted by atomic mass is 16.4. The van der Waals surface area contributed by atoms with Crippen LogP contribution in [0.3, 0.4) is 0 Å². The van der Waals surface area contributed by atoms with Crippen molar-refractivity contribution >= 4 is 6.29 Å². The highest BCUT2D eigenvalue weighted by Gasteiger charge is 2.22. The average Bonchev–Trinajstić information content (AvgIpc) is 2.89. The molecule has 0 spiro atoms. The van der Waals surface area contributed by atoms with E-state index in [9.17, 15) is 4.79 Å². The molecule has 1 aromatic heterocycles. The molecule has 0 aliphatic heterocycles. The van der Waals surface area contributed by atoms with E-state index in [1.807, 2.05) is 0 Å². The van der Waals surface area contributed by atoms with Crippen LogP contribution in [0.15, 0.2) is 22.8 Å². The van der Waals surface area contributed by atoms with Gasteiger partial charge in [0.15, 0.2) is 6.29 Å². The maximum atomic E-state index is 9.76. The smallest absolute Gasteiger partial charge is 0.151 e. The third-order valence-corrected chi connectivity index (χ3v) is 1.81. The van der Waals surface area contributed by atoms with Crippen LogP contribution >= 0.6 is 0 Å². The molecular formula is C10H16O7. The quantitative estimate of drug-likeness (QED) is 0.382. The summed E-state index contributed by atoms with van der Waals surface area (Å²) < 4.78 is 4.73. The number of aliphatic hydroxyl groups excluding tert-OH is 5. The lowest BCUT2D eigenvalue weighted by atomic mass is 10.1. The van der Waals surface area contributed by atoms with E-state index < -0.39 is 24.9 Å². The Balaban J connectivity index is 0.000000318. The number of aliphatic hydroxyl groups is 5. The van der Waals surface area contributed by atoms with Crippen LogP contribution in [0.25, 0.3) is 0 Å². The molecule has 1 heterocycles. The van der Waals surface area contributed by atoms with Gasteiger partial charge in [-0.05, 0) is 12.1 Å². The average molecular weight is 248 g/mol. The lowest BCUT2D eigenvalue weighted by Crippen LogP contribution is -2.40. The van der Waals surface area contributed by atoms with E-state index in [2.05, 4.69) is 0 Å². The topological polar surface area (TPSA) is 131 Å². The van der Waals surface area contributed by atoms with Crippen molar-refractivity contribution in [3.8, 4) is 0 Å². The molecule has 17 heavy (non-hydrogen) atoms. The van der Waals surface area contributed by atoms with Gasteiger partial charge in [-0.3, -0.25) is 0 Å². The molecule has 3 unspecified atom stereocenters. The molecule has 5 N–H and O–H groups in total. The van der Waals surface area contributed by atoms with Crippen molar-refractivity contribution in [3.63, 3.8) is 0 Å². The van der Waals surface area contributed by atoms with Crippen LogP contribution in [0, 0.1) is 0 Å². The first-order valence-electron chi connectivity index (χ1n) is 4.80. The van der Waals surface area contributed by atoms with Gasteiger partial charge in [0.2, 0.25) is 0 Å². The second-order valence-corrected chi connectivity index (χ2v) is 3.10. The Morgan fingerprint density at radius 1 is 1.29 bits per heavy atom. The van der Waals surface area contributed by atoms with Crippen molar-refractivity contribution in [2.45, 2.75) is 24.9 Å². The summed E-state index contributed by atoms with van der Waals surface area (Å²) in [5.41, 5.74) is 0. The van der Waals surface area contributed by atoms with Gasteiger partial charge in [0.25, 0.3) is 0 Å². The summed E-state index contributed by atoms with van der Waals surface area (Å²) in [4.78, 5) is 9.76. The third kappa shape index (κ3) is 6.15. The molecule has 0 aliphatic rings. The molecule has 0 bridgehead atoms. The Kier molecular flexibility index (Phi) is 8.20. The van der Waals surface area contributed by atoms with Crippen LogP contribution in [-0.2, 0) is 11.4 Å². The van der Waals surface area contributed by atoms with E-state index in [0.29, 0.717) is 5.76 Å². The van der Waals surface area contributed by atoms with Gasteiger partial charge in [-0.15, -0.1) is 0 Å². The summed E-state index contributed by atoms with van der Waals surface area (Å²) in [5, 5.41) is 42.4. The number of hydrogen-bond acceptors (Lipinski definition) is 7. The van der Waals surface area contributed by atoms with Gasteiger partial charge in [-0.1, -0.05) is 0 Å². The molecule has 0 saturated carbocycles. The van der Waals surface area contributed by atoms with Gasteiger partial charge in [-0.2, -0.15) is 0 Å². The Labute approximate surface area is 97.6 Å². The molecule has 98 valence electrons. The summed E-state index contributed by atoms with van der Waals surface area (Å²) in [6.45, 7) is -0.695. The minimum absolute atomic E-state index is 0.00694. The zero-order valence-electron chi connectivity index (χ0n) is 9.01. The van der Waals surface area contributed by atoms with Gasteiger partial charge in [-0.25, -0.2) is 0 Å². The maximum Gasteiger partial charge on any atom is 0.151 e. The van der Waals surface area contributed by atoms with E-state index in [-0.39, 0.29) is 12.9 Å². The molecule has 0 radical (unpaired) electrons. The van der Waals surface area contributed by atoms with Crippen molar-refractivity contribution in [1.29, 1.82) is 0 Å². The molecule has 0 aromatic carbocycles. The first kappa shape index (κ1) is 15.8. The van der Waals surface area contributed by atoms with E-state index >= 15 is 0 Å². The molecule has 0 fully saturated rings. The molecule has 7 heteroatoms. The van der Waals surface area contributed by atoms with Gasteiger partial charge in [0, 0.05) is 0 Å². The summed E-state index contributed by atoms with van der Waals surface area (Å²) in [6.07, 6.45) is -3.10. The van der Waals surface area contributed by atoms with Crippen molar-refractivity contribution in [2.24, 2.45) is 0 Å². The minimum Gasteiger partial charge on any atom is -0.467 e. The van der Waals surface area contributed by atoms with Crippen molar-refractivity contribution < 1.29 is 34.7 Å².